The van der Waals surface area contributed by atoms with Crippen LogP contribution in [-0.2, 0) is 4.74 Å². The van der Waals surface area contributed by atoms with E-state index in [9.17, 15) is 4.79 Å². The van der Waals surface area contributed by atoms with Gasteiger partial charge in [-0.25, -0.2) is 9.78 Å². The molecule has 0 spiro atoms. The zero-order valence-corrected chi connectivity index (χ0v) is 8.03. The Morgan fingerprint density at radius 2 is 2.45 bits per heavy atom. The highest BCUT2D eigenvalue weighted by molar-refractivity contribution is 14.1. The Balaban J connectivity index is 3.03. The highest BCUT2D eigenvalue weighted by Crippen LogP contribution is 2.08. The van der Waals surface area contributed by atoms with E-state index in [4.69, 9.17) is 0 Å². The number of hydrogen-bond donors (Lipinski definition) is 0. The Labute approximate surface area is 77.9 Å². The first-order valence-corrected chi connectivity index (χ1v) is 4.02. The van der Waals surface area contributed by atoms with Crippen molar-refractivity contribution in [2.24, 2.45) is 0 Å². The number of halogens is 1. The molecular formula is C7H6INO2. The molecule has 0 unspecified atom stereocenters. The average molecular weight is 263 g/mol. The summed E-state index contributed by atoms with van der Waals surface area (Å²) in [5.74, 6) is -0.394. The van der Waals surface area contributed by atoms with Gasteiger partial charge in [0.25, 0.3) is 0 Å². The Morgan fingerprint density at radius 3 is 3.00 bits per heavy atom. The molecule has 0 saturated heterocycles. The van der Waals surface area contributed by atoms with Crippen molar-refractivity contribution in [3.8, 4) is 0 Å². The molecule has 3 nitrogen and oxygen atoms in total. The maximum Gasteiger partial charge on any atom is 0.357 e. The fraction of sp³-hybridized carbons (Fsp3) is 0.143. The molecule has 0 aliphatic heterocycles. The predicted octanol–water partition coefficient (Wildman–Crippen LogP) is 1.47. The molecule has 0 aromatic carbocycles. The van der Waals surface area contributed by atoms with E-state index in [1.807, 2.05) is 22.6 Å². The van der Waals surface area contributed by atoms with Crippen molar-refractivity contribution in [2.75, 3.05) is 7.11 Å². The standard InChI is InChI=1S/C7H6INO2/c1-11-7(10)6-5(8)3-2-4-9-6/h2-4H,1H3. The number of aromatic nitrogens is 1. The fourth-order valence-corrected chi connectivity index (χ4v) is 1.20. The number of methoxy groups -OCH3 is 1. The van der Waals surface area contributed by atoms with Crippen LogP contribution in [0.5, 0.6) is 0 Å². The molecule has 58 valence electrons. The van der Waals surface area contributed by atoms with Crippen LogP contribution in [-0.4, -0.2) is 18.1 Å². The molecule has 1 aromatic rings. The molecule has 4 heteroatoms. The van der Waals surface area contributed by atoms with Crippen LogP contribution in [0, 0.1) is 3.57 Å². The highest BCUT2D eigenvalue weighted by atomic mass is 127. The smallest absolute Gasteiger partial charge is 0.357 e. The molecule has 0 bridgehead atoms. The van der Waals surface area contributed by atoms with Crippen molar-refractivity contribution >= 4 is 28.6 Å². The summed E-state index contributed by atoms with van der Waals surface area (Å²) in [5.41, 5.74) is 0.371. The Kier molecular flexibility index (Phi) is 2.81. The van der Waals surface area contributed by atoms with E-state index in [1.54, 1.807) is 18.3 Å². The van der Waals surface area contributed by atoms with Gasteiger partial charge in [-0.2, -0.15) is 0 Å². The van der Waals surface area contributed by atoms with Crippen LogP contribution in [0.3, 0.4) is 0 Å². The van der Waals surface area contributed by atoms with Crippen LogP contribution in [0.25, 0.3) is 0 Å². The van der Waals surface area contributed by atoms with Crippen LogP contribution in [0.2, 0.25) is 0 Å². The SMILES string of the molecule is COC(=O)c1ncccc1I. The maximum absolute atomic E-state index is 10.9. The van der Waals surface area contributed by atoms with Gasteiger partial charge in [-0.15, -0.1) is 0 Å². The number of hydrogen-bond acceptors (Lipinski definition) is 3. The van der Waals surface area contributed by atoms with Gasteiger partial charge in [0, 0.05) is 9.77 Å². The minimum atomic E-state index is -0.394. The lowest BCUT2D eigenvalue weighted by atomic mass is 10.4. The van der Waals surface area contributed by atoms with Gasteiger partial charge in [-0.05, 0) is 34.7 Å². The third-order valence-corrected chi connectivity index (χ3v) is 2.01. The summed E-state index contributed by atoms with van der Waals surface area (Å²) in [6.07, 6.45) is 1.56. The van der Waals surface area contributed by atoms with Crippen molar-refractivity contribution in [1.82, 2.24) is 4.98 Å². The molecule has 0 N–H and O–H groups in total. The summed E-state index contributed by atoms with van der Waals surface area (Å²) >= 11 is 2.04. The molecule has 0 saturated carbocycles. The summed E-state index contributed by atoms with van der Waals surface area (Å²) in [6.45, 7) is 0. The number of pyridine rings is 1. The lowest BCUT2D eigenvalue weighted by molar-refractivity contribution is 0.0592. The van der Waals surface area contributed by atoms with Crippen LogP contribution < -0.4 is 0 Å². The van der Waals surface area contributed by atoms with Crippen molar-refractivity contribution in [3.05, 3.63) is 27.6 Å². The summed E-state index contributed by atoms with van der Waals surface area (Å²) < 4.78 is 5.31. The number of nitrogens with zero attached hydrogens (tertiary/aromatic N) is 1. The molecule has 1 aromatic heterocycles. The van der Waals surface area contributed by atoms with Gasteiger partial charge in [0.2, 0.25) is 0 Å². The second kappa shape index (κ2) is 3.66. The molecule has 0 radical (unpaired) electrons. The van der Waals surface area contributed by atoms with E-state index >= 15 is 0 Å². The molecule has 0 aliphatic carbocycles. The molecule has 0 amide bonds. The van der Waals surface area contributed by atoms with E-state index in [0.717, 1.165) is 3.57 Å². The van der Waals surface area contributed by atoms with Gasteiger partial charge in [-0.1, -0.05) is 0 Å². The zero-order chi connectivity index (χ0) is 8.27. The van der Waals surface area contributed by atoms with E-state index in [0.29, 0.717) is 5.69 Å². The second-order valence-electron chi connectivity index (χ2n) is 1.83. The number of esters is 1. The average Bonchev–Trinajstić information content (AvgIpc) is 2.04. The van der Waals surface area contributed by atoms with Crippen molar-refractivity contribution in [3.63, 3.8) is 0 Å². The molecular weight excluding hydrogens is 257 g/mol. The first-order chi connectivity index (χ1) is 5.25. The zero-order valence-electron chi connectivity index (χ0n) is 5.87. The van der Waals surface area contributed by atoms with Crippen molar-refractivity contribution in [2.45, 2.75) is 0 Å². The first-order valence-electron chi connectivity index (χ1n) is 2.94. The van der Waals surface area contributed by atoms with Gasteiger partial charge >= 0.3 is 5.97 Å². The maximum atomic E-state index is 10.9. The van der Waals surface area contributed by atoms with Gasteiger partial charge < -0.3 is 4.74 Å². The van der Waals surface area contributed by atoms with E-state index in [-0.39, 0.29) is 0 Å². The van der Waals surface area contributed by atoms with E-state index in [2.05, 4.69) is 9.72 Å². The lowest BCUT2D eigenvalue weighted by Crippen LogP contribution is -2.05. The third-order valence-electron chi connectivity index (χ3n) is 1.14. The first kappa shape index (κ1) is 8.45. The van der Waals surface area contributed by atoms with Crippen LogP contribution in [0.4, 0.5) is 0 Å². The summed E-state index contributed by atoms with van der Waals surface area (Å²) in [6, 6.07) is 3.58. The highest BCUT2D eigenvalue weighted by Gasteiger charge is 2.09. The molecule has 0 aliphatic rings. The van der Waals surface area contributed by atoms with Gasteiger partial charge in [0.05, 0.1) is 7.11 Å². The molecule has 11 heavy (non-hydrogen) atoms. The van der Waals surface area contributed by atoms with Gasteiger partial charge in [0.1, 0.15) is 0 Å². The monoisotopic (exact) mass is 263 g/mol. The van der Waals surface area contributed by atoms with E-state index in [1.165, 1.54) is 7.11 Å². The van der Waals surface area contributed by atoms with Gasteiger partial charge in [0.15, 0.2) is 5.69 Å². The minimum absolute atomic E-state index is 0.371. The lowest BCUT2D eigenvalue weighted by Gasteiger charge is -1.98. The Hall–Kier alpha value is -0.650. The quantitative estimate of drug-likeness (QED) is 0.569. The Morgan fingerprint density at radius 1 is 1.73 bits per heavy atom. The molecule has 0 fully saturated rings. The van der Waals surface area contributed by atoms with Crippen LogP contribution in [0.1, 0.15) is 10.5 Å². The third kappa shape index (κ3) is 1.89. The summed E-state index contributed by atoms with van der Waals surface area (Å²) in [7, 11) is 1.34. The predicted molar refractivity (Wildman–Crippen MR) is 48.3 cm³/mol. The van der Waals surface area contributed by atoms with Crippen LogP contribution >= 0.6 is 22.6 Å². The molecule has 0 atom stereocenters. The van der Waals surface area contributed by atoms with E-state index < -0.39 is 5.97 Å². The summed E-state index contributed by atoms with van der Waals surface area (Å²) in [4.78, 5) is 14.8. The largest absolute Gasteiger partial charge is 0.464 e. The van der Waals surface area contributed by atoms with Gasteiger partial charge in [-0.3, -0.25) is 0 Å². The second-order valence-corrected chi connectivity index (χ2v) is 2.99. The molecule has 1 rings (SSSR count). The van der Waals surface area contributed by atoms with Crippen molar-refractivity contribution in [1.29, 1.82) is 0 Å². The molecule has 1 heterocycles. The van der Waals surface area contributed by atoms with Crippen LogP contribution in [0.15, 0.2) is 18.3 Å². The fourth-order valence-electron chi connectivity index (χ4n) is 0.633. The topological polar surface area (TPSA) is 39.2 Å². The summed E-state index contributed by atoms with van der Waals surface area (Å²) in [5, 5.41) is 0. The number of carbonyl (C=O) groups excluding carboxylic acids is 1. The number of ether oxygens (including phenoxy) is 1. The number of rotatable bonds is 1. The normalized spacial score (nSPS) is 9.27. The van der Waals surface area contributed by atoms with Crippen molar-refractivity contribution < 1.29 is 9.53 Å². The number of carbonyl (C=O) groups is 1. The Bertz CT molecular complexity index is 275. The minimum Gasteiger partial charge on any atom is -0.464 e.